The van der Waals surface area contributed by atoms with Gasteiger partial charge in [0.2, 0.25) is 10.0 Å². The monoisotopic (exact) mass is 336 g/mol. The SMILES string of the molecule is NCCC1CCN(S(=O)(=O)c2cc(Cl)ccc2Cl)CC1. The molecule has 0 radical (unpaired) electrons. The van der Waals surface area contributed by atoms with Crippen molar-refractivity contribution in [1.82, 2.24) is 4.31 Å². The fourth-order valence-corrected chi connectivity index (χ4v) is 4.69. The Balaban J connectivity index is 2.18. The van der Waals surface area contributed by atoms with Gasteiger partial charge in [-0.2, -0.15) is 4.31 Å². The van der Waals surface area contributed by atoms with E-state index in [1.807, 2.05) is 0 Å². The van der Waals surface area contributed by atoms with Crippen LogP contribution in [0.15, 0.2) is 23.1 Å². The number of sulfonamides is 1. The Labute approximate surface area is 129 Å². The molecular formula is C13H18Cl2N2O2S. The molecular weight excluding hydrogens is 319 g/mol. The maximum Gasteiger partial charge on any atom is 0.244 e. The summed E-state index contributed by atoms with van der Waals surface area (Å²) in [6, 6.07) is 4.50. The highest BCUT2D eigenvalue weighted by Gasteiger charge is 2.30. The first-order valence-corrected chi connectivity index (χ1v) is 8.80. The van der Waals surface area contributed by atoms with Gasteiger partial charge in [0.1, 0.15) is 4.90 Å². The molecule has 0 aromatic heterocycles. The zero-order valence-corrected chi connectivity index (χ0v) is 13.4. The molecule has 1 aromatic carbocycles. The predicted molar refractivity (Wildman–Crippen MR) is 81.6 cm³/mol. The van der Waals surface area contributed by atoms with E-state index in [4.69, 9.17) is 28.9 Å². The zero-order chi connectivity index (χ0) is 14.8. The maximum absolute atomic E-state index is 12.6. The van der Waals surface area contributed by atoms with Crippen molar-refractivity contribution in [2.45, 2.75) is 24.2 Å². The molecule has 0 unspecified atom stereocenters. The highest BCUT2D eigenvalue weighted by Crippen LogP contribution is 2.30. The van der Waals surface area contributed by atoms with Gasteiger partial charge < -0.3 is 5.73 Å². The number of nitrogens with two attached hydrogens (primary N) is 1. The van der Waals surface area contributed by atoms with Crippen molar-refractivity contribution in [3.8, 4) is 0 Å². The van der Waals surface area contributed by atoms with Crippen molar-refractivity contribution in [3.05, 3.63) is 28.2 Å². The Hall–Kier alpha value is -0.330. The number of halogens is 2. The smallest absolute Gasteiger partial charge is 0.244 e. The molecule has 2 N–H and O–H groups in total. The third-order valence-corrected chi connectivity index (χ3v) is 6.27. The first-order chi connectivity index (χ1) is 9.45. The molecule has 7 heteroatoms. The van der Waals surface area contributed by atoms with E-state index in [0.29, 0.717) is 30.6 Å². The number of rotatable bonds is 4. The van der Waals surface area contributed by atoms with E-state index < -0.39 is 10.0 Å². The molecule has 2 rings (SSSR count). The van der Waals surface area contributed by atoms with Crippen molar-refractivity contribution < 1.29 is 8.42 Å². The third-order valence-electron chi connectivity index (χ3n) is 3.66. The summed E-state index contributed by atoms with van der Waals surface area (Å²) in [4.78, 5) is 0.0870. The van der Waals surface area contributed by atoms with Gasteiger partial charge in [-0.3, -0.25) is 0 Å². The Morgan fingerprint density at radius 1 is 1.25 bits per heavy atom. The van der Waals surface area contributed by atoms with Gasteiger partial charge in [-0.05, 0) is 49.9 Å². The van der Waals surface area contributed by atoms with Gasteiger partial charge in [0, 0.05) is 18.1 Å². The largest absolute Gasteiger partial charge is 0.330 e. The molecule has 1 saturated heterocycles. The van der Waals surface area contributed by atoms with E-state index >= 15 is 0 Å². The van der Waals surface area contributed by atoms with Crippen LogP contribution < -0.4 is 5.73 Å². The van der Waals surface area contributed by atoms with E-state index in [9.17, 15) is 8.42 Å². The Bertz CT molecular complexity index is 570. The van der Waals surface area contributed by atoms with Crippen molar-refractivity contribution in [1.29, 1.82) is 0 Å². The van der Waals surface area contributed by atoms with Crippen LogP contribution in [0.1, 0.15) is 19.3 Å². The van der Waals surface area contributed by atoms with Crippen molar-refractivity contribution in [2.75, 3.05) is 19.6 Å². The number of hydrogen-bond acceptors (Lipinski definition) is 3. The normalized spacial score (nSPS) is 18.4. The minimum Gasteiger partial charge on any atom is -0.330 e. The van der Waals surface area contributed by atoms with Crippen molar-refractivity contribution >= 4 is 33.2 Å². The highest BCUT2D eigenvalue weighted by molar-refractivity contribution is 7.89. The number of nitrogens with zero attached hydrogens (tertiary/aromatic N) is 1. The summed E-state index contributed by atoms with van der Waals surface area (Å²) in [7, 11) is -3.57. The molecule has 20 heavy (non-hydrogen) atoms. The quantitative estimate of drug-likeness (QED) is 0.919. The molecule has 0 atom stereocenters. The molecule has 112 valence electrons. The summed E-state index contributed by atoms with van der Waals surface area (Å²) in [5, 5.41) is 0.574. The van der Waals surface area contributed by atoms with E-state index in [-0.39, 0.29) is 9.92 Å². The van der Waals surface area contributed by atoms with Gasteiger partial charge in [0.05, 0.1) is 5.02 Å². The lowest BCUT2D eigenvalue weighted by Gasteiger charge is -2.31. The summed E-state index contributed by atoms with van der Waals surface area (Å²) >= 11 is 11.9. The van der Waals surface area contributed by atoms with Crippen LogP contribution in [0.25, 0.3) is 0 Å². The fraction of sp³-hybridized carbons (Fsp3) is 0.538. The van der Waals surface area contributed by atoms with E-state index in [2.05, 4.69) is 0 Å². The number of hydrogen-bond donors (Lipinski definition) is 1. The third kappa shape index (κ3) is 3.46. The van der Waals surface area contributed by atoms with Crippen molar-refractivity contribution in [2.24, 2.45) is 11.7 Å². The predicted octanol–water partition coefficient (Wildman–Crippen LogP) is 2.74. The van der Waals surface area contributed by atoms with Crippen LogP contribution >= 0.6 is 23.2 Å². The van der Waals surface area contributed by atoms with Gasteiger partial charge in [-0.25, -0.2) is 8.42 Å². The number of benzene rings is 1. The standard InChI is InChI=1S/C13H18Cl2N2O2S/c14-11-1-2-12(15)13(9-11)20(18,19)17-7-4-10(3-6-16)5-8-17/h1-2,9-10H,3-8,16H2. The molecule has 1 aliphatic heterocycles. The van der Waals surface area contributed by atoms with Crippen LogP contribution in [0.3, 0.4) is 0 Å². The van der Waals surface area contributed by atoms with Gasteiger partial charge in [-0.1, -0.05) is 23.2 Å². The van der Waals surface area contributed by atoms with E-state index in [1.54, 1.807) is 6.07 Å². The topological polar surface area (TPSA) is 63.4 Å². The lowest BCUT2D eigenvalue weighted by Crippen LogP contribution is -2.38. The first-order valence-electron chi connectivity index (χ1n) is 6.60. The molecule has 0 amide bonds. The van der Waals surface area contributed by atoms with Crippen LogP contribution in [-0.4, -0.2) is 32.4 Å². The van der Waals surface area contributed by atoms with Crippen LogP contribution in [0.4, 0.5) is 0 Å². The Kier molecular flexibility index (Phi) is 5.31. The molecule has 0 spiro atoms. The minimum atomic E-state index is -3.57. The molecule has 4 nitrogen and oxygen atoms in total. The maximum atomic E-state index is 12.6. The molecule has 1 heterocycles. The summed E-state index contributed by atoms with van der Waals surface area (Å²) in [6.45, 7) is 1.67. The first kappa shape index (κ1) is 16.0. The van der Waals surface area contributed by atoms with Crippen LogP contribution in [0, 0.1) is 5.92 Å². The molecule has 0 aliphatic carbocycles. The van der Waals surface area contributed by atoms with Gasteiger partial charge >= 0.3 is 0 Å². The fourth-order valence-electron chi connectivity index (χ4n) is 2.49. The summed E-state index contributed by atoms with van der Waals surface area (Å²) < 4.78 is 26.6. The molecule has 0 saturated carbocycles. The van der Waals surface area contributed by atoms with E-state index in [1.165, 1.54) is 16.4 Å². The summed E-state index contributed by atoms with van der Waals surface area (Å²) in [5.74, 6) is 0.515. The second-order valence-electron chi connectivity index (χ2n) is 5.00. The Morgan fingerprint density at radius 3 is 2.50 bits per heavy atom. The van der Waals surface area contributed by atoms with Crippen LogP contribution in [0.5, 0.6) is 0 Å². The Morgan fingerprint density at radius 2 is 1.90 bits per heavy atom. The average Bonchev–Trinajstić information content (AvgIpc) is 2.42. The van der Waals surface area contributed by atoms with E-state index in [0.717, 1.165) is 19.3 Å². The molecule has 1 fully saturated rings. The van der Waals surface area contributed by atoms with Crippen LogP contribution in [-0.2, 0) is 10.0 Å². The van der Waals surface area contributed by atoms with Gasteiger partial charge in [-0.15, -0.1) is 0 Å². The molecule has 0 bridgehead atoms. The van der Waals surface area contributed by atoms with Gasteiger partial charge in [0.25, 0.3) is 0 Å². The summed E-state index contributed by atoms with van der Waals surface area (Å²) in [6.07, 6.45) is 2.63. The lowest BCUT2D eigenvalue weighted by atomic mass is 9.95. The molecule has 1 aromatic rings. The number of piperidine rings is 1. The summed E-state index contributed by atoms with van der Waals surface area (Å²) in [5.41, 5.74) is 5.54. The van der Waals surface area contributed by atoms with Crippen molar-refractivity contribution in [3.63, 3.8) is 0 Å². The van der Waals surface area contributed by atoms with Gasteiger partial charge in [0.15, 0.2) is 0 Å². The highest BCUT2D eigenvalue weighted by atomic mass is 35.5. The lowest BCUT2D eigenvalue weighted by molar-refractivity contribution is 0.266. The zero-order valence-electron chi connectivity index (χ0n) is 11.1. The second-order valence-corrected chi connectivity index (χ2v) is 7.75. The minimum absolute atomic E-state index is 0.0870. The average molecular weight is 337 g/mol. The second kappa shape index (κ2) is 6.62. The van der Waals surface area contributed by atoms with Crippen LogP contribution in [0.2, 0.25) is 10.0 Å². The molecule has 1 aliphatic rings.